The van der Waals surface area contributed by atoms with Gasteiger partial charge in [0.15, 0.2) is 15.4 Å². The topological polar surface area (TPSA) is 133 Å². The normalized spacial score (nSPS) is 20.7. The number of nitro benzene ring substituents is 1. The maximum absolute atomic E-state index is 13.6. The summed E-state index contributed by atoms with van der Waals surface area (Å²) in [5, 5.41) is 12.3. The number of ether oxygens (including phenoxy) is 2. The number of fused-ring (bicyclic) bond motifs is 4. The number of halogens is 2. The van der Waals surface area contributed by atoms with Crippen LogP contribution in [0.3, 0.4) is 0 Å². The molecule has 11 nitrogen and oxygen atoms in total. The molecule has 2 aliphatic heterocycles. The van der Waals surface area contributed by atoms with E-state index in [2.05, 4.69) is 20.9 Å². The van der Waals surface area contributed by atoms with Crippen molar-refractivity contribution in [3.05, 3.63) is 86.2 Å². The van der Waals surface area contributed by atoms with Crippen molar-refractivity contribution in [2.45, 2.75) is 29.3 Å². The summed E-state index contributed by atoms with van der Waals surface area (Å²) in [6.07, 6.45) is 0.644. The van der Waals surface area contributed by atoms with Crippen LogP contribution in [0.1, 0.15) is 24.3 Å². The van der Waals surface area contributed by atoms with Crippen molar-refractivity contribution in [2.24, 2.45) is 0 Å². The molecule has 1 saturated heterocycles. The lowest BCUT2D eigenvalue weighted by molar-refractivity contribution is -0.384. The molecule has 15 heteroatoms. The third-order valence-corrected chi connectivity index (χ3v) is 10.4. The van der Waals surface area contributed by atoms with Gasteiger partial charge < -0.3 is 9.47 Å². The average Bonchev–Trinajstić information content (AvgIpc) is 3.61. The number of benzene rings is 2. The smallest absolute Gasteiger partial charge is 0.355 e. The summed E-state index contributed by atoms with van der Waals surface area (Å²) in [6, 6.07) is 11.1. The maximum atomic E-state index is 13.6. The van der Waals surface area contributed by atoms with Gasteiger partial charge in [0, 0.05) is 35.7 Å². The van der Waals surface area contributed by atoms with Gasteiger partial charge in [0.25, 0.3) is 11.6 Å². The minimum atomic E-state index is -1.39. The number of nitro groups is 1. The van der Waals surface area contributed by atoms with E-state index >= 15 is 0 Å². The molecule has 0 spiro atoms. The maximum Gasteiger partial charge on any atom is 0.355 e. The Balaban J connectivity index is 1.22. The van der Waals surface area contributed by atoms with E-state index in [4.69, 9.17) is 21.1 Å². The van der Waals surface area contributed by atoms with Gasteiger partial charge in [0.1, 0.15) is 23.4 Å². The molecule has 0 aliphatic carbocycles. The van der Waals surface area contributed by atoms with Gasteiger partial charge in [0.2, 0.25) is 0 Å². The van der Waals surface area contributed by atoms with Crippen LogP contribution in [0.15, 0.2) is 59.8 Å². The fraction of sp³-hybridized carbons (Fsp3) is 0.200. The molecule has 4 heterocycles. The molecule has 2 aromatic carbocycles. The number of rotatable bonds is 7. The number of carbonyl (C=O) groups is 3. The highest BCUT2D eigenvalue weighted by molar-refractivity contribution is 9.10. The van der Waals surface area contributed by atoms with Gasteiger partial charge in [-0.2, -0.15) is 0 Å². The zero-order valence-electron chi connectivity index (χ0n) is 20.3. The second-order valence-corrected chi connectivity index (χ2v) is 12.7. The largest absolute Gasteiger partial charge is 0.456 e. The molecular formula is C25H16BrClN4O7S2. The number of β-lactam (4-membered cyclic amide) rings is 1. The van der Waals surface area contributed by atoms with Gasteiger partial charge in [-0.05, 0) is 35.9 Å². The van der Waals surface area contributed by atoms with Crippen LogP contribution in [-0.4, -0.2) is 46.8 Å². The Morgan fingerprint density at radius 1 is 1.27 bits per heavy atom. The Bertz CT molecular complexity index is 1770. The van der Waals surface area contributed by atoms with Crippen LogP contribution in [0, 0.1) is 10.1 Å². The number of thiazole rings is 1. The third-order valence-electron chi connectivity index (χ3n) is 6.44. The van der Waals surface area contributed by atoms with Crippen molar-refractivity contribution in [3.63, 3.8) is 0 Å². The predicted molar refractivity (Wildman–Crippen MR) is 151 cm³/mol. The highest BCUT2D eigenvalue weighted by Crippen LogP contribution is 2.58. The SMILES string of the molecule is CC(=O)OC(c1cn2c(n1)sc1cc(Cl)ccc12)[C@]1(Br)C(=O)N2C(C(=O)OCc3ccc([N+](=O)[O-])cc3)=CS[C@@H]21. The molecular weight excluding hydrogens is 648 g/mol. The molecule has 2 aliphatic rings. The van der Waals surface area contributed by atoms with E-state index in [9.17, 15) is 24.5 Å². The standard InChI is InChI=1S/C25H16BrClN4O7S2/c1-12(32)38-20(16-9-29-17-7-4-14(27)8-19(17)40-24(29)28-16)25(26)22(34)30-18(11-39-23(25)30)21(33)37-10-13-2-5-15(6-3-13)31(35)36/h2-9,11,20,23H,10H2,1H3/t20?,23-,25+/m1/s1. The highest BCUT2D eigenvalue weighted by Gasteiger charge is 2.69. The summed E-state index contributed by atoms with van der Waals surface area (Å²) < 4.78 is 12.4. The first-order chi connectivity index (χ1) is 19.1. The lowest BCUT2D eigenvalue weighted by Crippen LogP contribution is -2.70. The van der Waals surface area contributed by atoms with Gasteiger partial charge >= 0.3 is 11.9 Å². The number of aromatic nitrogens is 2. The van der Waals surface area contributed by atoms with Gasteiger partial charge in [0.05, 0.1) is 15.1 Å². The number of nitrogens with zero attached hydrogens (tertiary/aromatic N) is 4. The molecule has 40 heavy (non-hydrogen) atoms. The molecule has 6 rings (SSSR count). The zero-order valence-corrected chi connectivity index (χ0v) is 24.3. The number of imidazole rings is 1. The van der Waals surface area contributed by atoms with E-state index in [-0.39, 0.29) is 18.0 Å². The molecule has 0 radical (unpaired) electrons. The lowest BCUT2D eigenvalue weighted by Gasteiger charge is -2.51. The zero-order chi connectivity index (χ0) is 28.3. The van der Waals surface area contributed by atoms with E-state index in [0.717, 1.165) is 10.2 Å². The van der Waals surface area contributed by atoms with Crippen molar-refractivity contribution < 1.29 is 28.8 Å². The van der Waals surface area contributed by atoms with E-state index in [0.29, 0.717) is 21.2 Å². The first-order valence-electron chi connectivity index (χ1n) is 11.6. The molecule has 2 aromatic heterocycles. The van der Waals surface area contributed by atoms with E-state index in [1.807, 2.05) is 16.5 Å². The number of carbonyl (C=O) groups excluding carboxylic acids is 3. The second kappa shape index (κ2) is 9.87. The fourth-order valence-electron chi connectivity index (χ4n) is 4.57. The Morgan fingerprint density at radius 2 is 2.02 bits per heavy atom. The first kappa shape index (κ1) is 26.7. The van der Waals surface area contributed by atoms with Crippen molar-refractivity contribution in [1.29, 1.82) is 0 Å². The van der Waals surface area contributed by atoms with Gasteiger partial charge in [-0.1, -0.05) is 38.9 Å². The Kier molecular flexibility index (Phi) is 6.60. The van der Waals surface area contributed by atoms with E-state index < -0.39 is 38.6 Å². The minimum Gasteiger partial charge on any atom is -0.456 e. The van der Waals surface area contributed by atoms with Crippen molar-refractivity contribution in [3.8, 4) is 0 Å². The summed E-state index contributed by atoms with van der Waals surface area (Å²) in [5.74, 6) is -1.81. The third kappa shape index (κ3) is 4.26. The Morgan fingerprint density at radius 3 is 2.73 bits per heavy atom. The van der Waals surface area contributed by atoms with E-state index in [1.165, 1.54) is 64.6 Å². The Hall–Kier alpha value is -3.46. The number of alkyl halides is 1. The van der Waals surface area contributed by atoms with Crippen LogP contribution in [0.2, 0.25) is 5.02 Å². The summed E-state index contributed by atoms with van der Waals surface area (Å²) in [5.41, 5.74) is 1.76. The van der Waals surface area contributed by atoms with Crippen molar-refractivity contribution >= 4 is 89.3 Å². The molecule has 1 amide bonds. The predicted octanol–water partition coefficient (Wildman–Crippen LogP) is 5.35. The molecule has 4 aromatic rings. The summed E-state index contributed by atoms with van der Waals surface area (Å²) in [7, 11) is 0. The quantitative estimate of drug-likeness (QED) is 0.0844. The molecule has 3 atom stereocenters. The highest BCUT2D eigenvalue weighted by atomic mass is 79.9. The van der Waals surface area contributed by atoms with Crippen molar-refractivity contribution in [2.75, 3.05) is 0 Å². The average molecular weight is 664 g/mol. The molecule has 1 unspecified atom stereocenters. The van der Waals surface area contributed by atoms with Crippen molar-refractivity contribution in [1.82, 2.24) is 14.3 Å². The minimum absolute atomic E-state index is 0.0484. The molecule has 0 bridgehead atoms. The summed E-state index contributed by atoms with van der Waals surface area (Å²) in [4.78, 5) is 55.5. The number of amides is 1. The molecule has 0 N–H and O–H groups in total. The van der Waals surface area contributed by atoms with Crippen LogP contribution >= 0.6 is 50.6 Å². The van der Waals surface area contributed by atoms with Gasteiger partial charge in [-0.15, -0.1) is 11.8 Å². The summed E-state index contributed by atoms with van der Waals surface area (Å²) in [6.45, 7) is 1.12. The van der Waals surface area contributed by atoms with Crippen LogP contribution in [0.5, 0.6) is 0 Å². The van der Waals surface area contributed by atoms with E-state index in [1.54, 1.807) is 12.3 Å². The van der Waals surface area contributed by atoms with Gasteiger partial charge in [-0.25, -0.2) is 9.78 Å². The molecule has 0 saturated carbocycles. The number of non-ortho nitro benzene ring substituents is 1. The van der Waals surface area contributed by atoms with Crippen LogP contribution in [0.25, 0.3) is 15.2 Å². The van der Waals surface area contributed by atoms with Crippen LogP contribution in [0.4, 0.5) is 5.69 Å². The monoisotopic (exact) mass is 662 g/mol. The molecule has 204 valence electrons. The summed E-state index contributed by atoms with van der Waals surface area (Å²) >= 11 is 12.3. The number of hydrogen-bond donors (Lipinski definition) is 0. The second-order valence-electron chi connectivity index (χ2n) is 8.96. The fourth-order valence-corrected chi connectivity index (χ4v) is 8.13. The molecule has 1 fully saturated rings. The van der Waals surface area contributed by atoms with Crippen LogP contribution in [-0.2, 0) is 30.5 Å². The lowest BCUT2D eigenvalue weighted by atomic mass is 9.89. The number of thioether (sulfide) groups is 1. The van der Waals surface area contributed by atoms with Gasteiger partial charge in [-0.3, -0.25) is 29.0 Å². The number of hydrogen-bond acceptors (Lipinski definition) is 10. The Labute approximate surface area is 247 Å². The number of esters is 2. The first-order valence-corrected chi connectivity index (χ1v) is 14.5. The van der Waals surface area contributed by atoms with Crippen LogP contribution < -0.4 is 0 Å².